The minimum Gasteiger partial charge on any atom is -0.497 e. The highest BCUT2D eigenvalue weighted by molar-refractivity contribution is 7.99. The average molecular weight is 525 g/mol. The van der Waals surface area contributed by atoms with Crippen molar-refractivity contribution in [3.05, 3.63) is 59.9 Å². The molecule has 1 fully saturated rings. The van der Waals surface area contributed by atoms with Crippen LogP contribution in [0.25, 0.3) is 10.9 Å². The van der Waals surface area contributed by atoms with Crippen molar-refractivity contribution in [2.24, 2.45) is 11.1 Å². The topological polar surface area (TPSA) is 122 Å². The summed E-state index contributed by atoms with van der Waals surface area (Å²) >= 11 is 1.74. The number of rotatable bonds is 12. The van der Waals surface area contributed by atoms with Gasteiger partial charge in [0.15, 0.2) is 0 Å². The summed E-state index contributed by atoms with van der Waals surface area (Å²) < 4.78 is 5.39. The Bertz CT molecular complexity index is 1180. The zero-order chi connectivity index (χ0) is 26.3. The molecule has 8 nitrogen and oxygen atoms in total. The summed E-state index contributed by atoms with van der Waals surface area (Å²) in [4.78, 5) is 23.1. The number of aliphatic hydroxyl groups is 1. The Balaban J connectivity index is 1.42. The molecule has 3 heterocycles. The van der Waals surface area contributed by atoms with Gasteiger partial charge < -0.3 is 25.6 Å². The van der Waals surface area contributed by atoms with E-state index in [4.69, 9.17) is 10.5 Å². The quantitative estimate of drug-likeness (QED) is 0.298. The first-order valence-electron chi connectivity index (χ1n) is 12.7. The molecule has 0 radical (unpaired) electrons. The third-order valence-electron chi connectivity index (χ3n) is 7.44. The molecule has 0 bridgehead atoms. The molecule has 0 aliphatic carbocycles. The number of thioether (sulfide) groups is 1. The number of nitrogens with two attached hydrogens (primary N) is 1. The fourth-order valence-electron chi connectivity index (χ4n) is 5.30. The van der Waals surface area contributed by atoms with Crippen molar-refractivity contribution in [3.8, 4) is 5.75 Å². The highest BCUT2D eigenvalue weighted by atomic mass is 32.2. The van der Waals surface area contributed by atoms with Gasteiger partial charge in [-0.2, -0.15) is 0 Å². The molecule has 1 atom stereocenters. The van der Waals surface area contributed by atoms with Crippen molar-refractivity contribution in [3.63, 3.8) is 0 Å². The van der Waals surface area contributed by atoms with Gasteiger partial charge in [0.2, 0.25) is 0 Å². The van der Waals surface area contributed by atoms with Crippen molar-refractivity contribution < 1.29 is 19.7 Å². The molecule has 198 valence electrons. The van der Waals surface area contributed by atoms with Gasteiger partial charge in [-0.05, 0) is 85.6 Å². The standard InChI is InChI=1S/C28H36N4O4S/c1-36-21-5-6-23-22(16-21)27(20(18-29)19-31-23)24(33)7-8-28(17-26(34)35)9-12-32(13-10-28)14-15-37-25-4-2-3-11-30-25/h2-6,11,16,19,24,33H,7-10,12-15,17-18,29H2,1H3,(H,34,35)/t24-/m0/s1. The first-order valence-corrected chi connectivity index (χ1v) is 13.7. The molecule has 37 heavy (non-hydrogen) atoms. The van der Waals surface area contributed by atoms with Crippen LogP contribution in [0.1, 0.15) is 49.3 Å². The van der Waals surface area contributed by atoms with Crippen LogP contribution in [0.3, 0.4) is 0 Å². The molecule has 4 N–H and O–H groups in total. The number of methoxy groups -OCH3 is 1. The van der Waals surface area contributed by atoms with Crippen LogP contribution in [-0.2, 0) is 11.3 Å². The van der Waals surface area contributed by atoms with E-state index in [-0.39, 0.29) is 18.4 Å². The predicted octanol–water partition coefficient (Wildman–Crippen LogP) is 4.26. The number of carbonyl (C=O) groups is 1. The Kier molecular flexibility index (Phi) is 9.37. The van der Waals surface area contributed by atoms with Crippen LogP contribution in [-0.4, -0.2) is 63.5 Å². The smallest absolute Gasteiger partial charge is 0.303 e. The number of carboxylic acids is 1. The van der Waals surface area contributed by atoms with Crippen LogP contribution in [0.2, 0.25) is 0 Å². The summed E-state index contributed by atoms with van der Waals surface area (Å²) in [5, 5.41) is 22.9. The molecule has 0 amide bonds. The van der Waals surface area contributed by atoms with Gasteiger partial charge in [-0.25, -0.2) is 4.98 Å². The van der Waals surface area contributed by atoms with E-state index < -0.39 is 12.1 Å². The van der Waals surface area contributed by atoms with Gasteiger partial charge in [0.25, 0.3) is 0 Å². The molecule has 1 aliphatic rings. The second-order valence-corrected chi connectivity index (χ2v) is 10.9. The monoisotopic (exact) mass is 524 g/mol. The molecule has 1 aromatic carbocycles. The third-order valence-corrected chi connectivity index (χ3v) is 8.36. The van der Waals surface area contributed by atoms with Gasteiger partial charge in [-0.3, -0.25) is 9.78 Å². The fraction of sp³-hybridized carbons (Fsp3) is 0.464. The van der Waals surface area contributed by atoms with E-state index in [0.29, 0.717) is 18.6 Å². The predicted molar refractivity (Wildman–Crippen MR) is 146 cm³/mol. The van der Waals surface area contributed by atoms with Crippen molar-refractivity contribution in [2.45, 2.75) is 49.8 Å². The minimum atomic E-state index is -0.782. The molecule has 3 aromatic rings. The first-order chi connectivity index (χ1) is 17.9. The van der Waals surface area contributed by atoms with Gasteiger partial charge in [0.05, 0.1) is 30.2 Å². The number of pyridine rings is 2. The minimum absolute atomic E-state index is 0.116. The number of hydrogen-bond donors (Lipinski definition) is 3. The lowest BCUT2D eigenvalue weighted by molar-refractivity contribution is -0.141. The van der Waals surface area contributed by atoms with Crippen LogP contribution in [0.4, 0.5) is 0 Å². The van der Waals surface area contributed by atoms with E-state index in [2.05, 4.69) is 14.9 Å². The average Bonchev–Trinajstić information content (AvgIpc) is 2.92. The van der Waals surface area contributed by atoms with E-state index in [1.54, 1.807) is 31.3 Å². The van der Waals surface area contributed by atoms with Crippen molar-refractivity contribution >= 4 is 28.6 Å². The maximum Gasteiger partial charge on any atom is 0.303 e. The van der Waals surface area contributed by atoms with Gasteiger partial charge in [0, 0.05) is 36.6 Å². The molecule has 0 spiro atoms. The number of carboxylic acid groups (broad SMARTS) is 1. The summed E-state index contributed by atoms with van der Waals surface area (Å²) in [5.41, 5.74) is 7.99. The van der Waals surface area contributed by atoms with E-state index in [1.165, 1.54) is 0 Å². The Morgan fingerprint density at radius 1 is 1.24 bits per heavy atom. The molecule has 4 rings (SSSR count). The normalized spacial score (nSPS) is 16.5. The van der Waals surface area contributed by atoms with Crippen LogP contribution in [0.5, 0.6) is 5.75 Å². The lowest BCUT2D eigenvalue weighted by Gasteiger charge is -2.41. The maximum absolute atomic E-state index is 11.8. The Morgan fingerprint density at radius 2 is 2.05 bits per heavy atom. The summed E-state index contributed by atoms with van der Waals surface area (Å²) in [5.74, 6) is 0.852. The number of aliphatic hydroxyl groups excluding tert-OH is 1. The van der Waals surface area contributed by atoms with Crippen molar-refractivity contribution in [1.82, 2.24) is 14.9 Å². The lowest BCUT2D eigenvalue weighted by atomic mass is 9.71. The number of ether oxygens (including phenoxy) is 1. The van der Waals surface area contributed by atoms with E-state index in [1.807, 2.05) is 36.4 Å². The Hall–Kier alpha value is -2.72. The largest absolute Gasteiger partial charge is 0.497 e. The van der Waals surface area contributed by atoms with Gasteiger partial charge >= 0.3 is 5.97 Å². The number of hydrogen-bond acceptors (Lipinski definition) is 8. The number of benzene rings is 1. The molecular formula is C28H36N4O4S. The van der Waals surface area contributed by atoms with Crippen molar-refractivity contribution in [1.29, 1.82) is 0 Å². The second kappa shape index (κ2) is 12.7. The number of likely N-dealkylation sites (tertiary alicyclic amines) is 1. The molecular weight excluding hydrogens is 488 g/mol. The number of aliphatic carboxylic acids is 1. The summed E-state index contributed by atoms with van der Waals surface area (Å²) in [6.45, 7) is 2.92. The highest BCUT2D eigenvalue weighted by Gasteiger charge is 2.37. The number of nitrogens with zero attached hydrogens (tertiary/aromatic N) is 3. The molecule has 2 aromatic heterocycles. The Morgan fingerprint density at radius 3 is 2.73 bits per heavy atom. The van der Waals surface area contributed by atoms with Crippen LogP contribution < -0.4 is 10.5 Å². The molecule has 0 saturated carbocycles. The van der Waals surface area contributed by atoms with Gasteiger partial charge in [-0.1, -0.05) is 6.07 Å². The number of piperidine rings is 1. The third kappa shape index (κ3) is 6.98. The second-order valence-electron chi connectivity index (χ2n) is 9.77. The van der Waals surface area contributed by atoms with Gasteiger partial charge in [0.1, 0.15) is 5.75 Å². The maximum atomic E-state index is 11.8. The van der Waals surface area contributed by atoms with Crippen LogP contribution in [0.15, 0.2) is 53.8 Å². The number of aromatic nitrogens is 2. The van der Waals surface area contributed by atoms with E-state index in [0.717, 1.165) is 65.3 Å². The van der Waals surface area contributed by atoms with Gasteiger partial charge in [-0.15, -0.1) is 11.8 Å². The number of fused-ring (bicyclic) bond motifs is 1. The van der Waals surface area contributed by atoms with Crippen LogP contribution in [0, 0.1) is 5.41 Å². The molecule has 9 heteroatoms. The lowest BCUT2D eigenvalue weighted by Crippen LogP contribution is -2.42. The summed E-state index contributed by atoms with van der Waals surface area (Å²) in [6.07, 6.45) is 5.58. The van der Waals surface area contributed by atoms with Crippen LogP contribution >= 0.6 is 11.8 Å². The zero-order valence-electron chi connectivity index (χ0n) is 21.3. The SMILES string of the molecule is COc1ccc2ncc(CN)c([C@@H](O)CCC3(CC(=O)O)CCN(CCSc4ccccn4)CC3)c2c1. The Labute approximate surface area is 222 Å². The fourth-order valence-corrected chi connectivity index (χ4v) is 6.17. The van der Waals surface area contributed by atoms with Crippen molar-refractivity contribution in [2.75, 3.05) is 32.5 Å². The molecule has 1 aliphatic heterocycles. The van der Waals surface area contributed by atoms with E-state index in [9.17, 15) is 15.0 Å². The summed E-state index contributed by atoms with van der Waals surface area (Å²) in [7, 11) is 1.61. The highest BCUT2D eigenvalue weighted by Crippen LogP contribution is 2.42. The molecule has 1 saturated heterocycles. The molecule has 0 unspecified atom stereocenters. The summed E-state index contributed by atoms with van der Waals surface area (Å²) in [6, 6.07) is 11.5. The first kappa shape index (κ1) is 27.3. The zero-order valence-corrected chi connectivity index (χ0v) is 22.1. The van der Waals surface area contributed by atoms with E-state index >= 15 is 0 Å².